The molecule has 1 fully saturated rings. The zero-order valence-corrected chi connectivity index (χ0v) is 19.0. The highest BCUT2D eigenvalue weighted by Gasteiger charge is 2.30. The van der Waals surface area contributed by atoms with Crippen molar-refractivity contribution in [3.8, 4) is 0 Å². The molecular weight excluding hydrogens is 428 g/mol. The van der Waals surface area contributed by atoms with Gasteiger partial charge in [0.25, 0.3) is 11.6 Å². The number of non-ortho nitro benzene ring substituents is 1. The van der Waals surface area contributed by atoms with E-state index in [-0.39, 0.29) is 11.6 Å². The maximum atomic E-state index is 13.0. The summed E-state index contributed by atoms with van der Waals surface area (Å²) < 4.78 is 0. The molecule has 3 aromatic rings. The van der Waals surface area contributed by atoms with Gasteiger partial charge in [0.1, 0.15) is 0 Å². The Bertz CT molecular complexity index is 1270. The second-order valence-electron chi connectivity index (χ2n) is 9.00. The molecule has 1 atom stereocenters. The summed E-state index contributed by atoms with van der Waals surface area (Å²) in [5.74, 6) is 0.393. The Kier molecular flexibility index (Phi) is 5.86. The van der Waals surface area contributed by atoms with E-state index in [0.29, 0.717) is 28.4 Å². The number of nitrogens with one attached hydrogen (secondary N) is 2. The van der Waals surface area contributed by atoms with Crippen molar-refractivity contribution in [3.05, 3.63) is 99.6 Å². The molecule has 34 heavy (non-hydrogen) atoms. The van der Waals surface area contributed by atoms with Crippen LogP contribution in [0.3, 0.4) is 0 Å². The molecule has 0 spiro atoms. The number of carbonyl (C=O) groups is 1. The van der Waals surface area contributed by atoms with Crippen LogP contribution in [0.1, 0.15) is 23.1 Å². The average molecular weight is 455 g/mol. The lowest BCUT2D eigenvalue weighted by molar-refractivity contribution is -0.384. The van der Waals surface area contributed by atoms with Gasteiger partial charge in [0, 0.05) is 35.6 Å². The lowest BCUT2D eigenvalue weighted by Gasteiger charge is -2.16. The standard InChI is InChI=1S/C27H26N4O3/c1-30-14-13-19(17-30)15-18-7-9-21(10-8-18)28-26(20-5-3-2-4-6-20)25-23-16-22(31(33)34)11-12-24(23)29-27(25)32/h2-12,16,19,28H,13-15,17H2,1H3,(H,29,32). The number of hydrogen-bond donors (Lipinski definition) is 2. The van der Waals surface area contributed by atoms with E-state index in [0.717, 1.165) is 30.8 Å². The lowest BCUT2D eigenvalue weighted by Crippen LogP contribution is -2.15. The third-order valence-corrected chi connectivity index (χ3v) is 6.51. The molecule has 0 radical (unpaired) electrons. The van der Waals surface area contributed by atoms with Crippen molar-refractivity contribution in [2.75, 3.05) is 30.8 Å². The number of nitro groups is 1. The molecule has 2 aliphatic rings. The maximum Gasteiger partial charge on any atom is 0.270 e. The zero-order valence-electron chi connectivity index (χ0n) is 19.0. The Balaban J connectivity index is 1.50. The Hall–Kier alpha value is -3.97. The molecule has 2 heterocycles. The van der Waals surface area contributed by atoms with Gasteiger partial charge in [-0.05, 0) is 61.7 Å². The molecule has 2 aliphatic heterocycles. The van der Waals surface area contributed by atoms with Gasteiger partial charge in [-0.3, -0.25) is 14.9 Å². The summed E-state index contributed by atoms with van der Waals surface area (Å²) in [6, 6.07) is 22.3. The van der Waals surface area contributed by atoms with E-state index < -0.39 is 4.92 Å². The van der Waals surface area contributed by atoms with Crippen LogP contribution in [0.2, 0.25) is 0 Å². The van der Waals surface area contributed by atoms with Crippen molar-refractivity contribution < 1.29 is 9.72 Å². The minimum atomic E-state index is -0.447. The lowest BCUT2D eigenvalue weighted by atomic mass is 9.98. The number of anilines is 2. The largest absolute Gasteiger partial charge is 0.354 e. The number of carbonyl (C=O) groups excluding carboxylic acids is 1. The van der Waals surface area contributed by atoms with E-state index in [2.05, 4.69) is 34.7 Å². The Morgan fingerprint density at radius 1 is 1.12 bits per heavy atom. The topological polar surface area (TPSA) is 87.5 Å². The van der Waals surface area contributed by atoms with E-state index in [1.807, 2.05) is 42.5 Å². The van der Waals surface area contributed by atoms with Crippen molar-refractivity contribution >= 4 is 34.2 Å². The number of hydrogen-bond acceptors (Lipinski definition) is 5. The van der Waals surface area contributed by atoms with Gasteiger partial charge in [0.15, 0.2) is 0 Å². The first kappa shape index (κ1) is 21.9. The van der Waals surface area contributed by atoms with Crippen molar-refractivity contribution in [1.82, 2.24) is 4.90 Å². The molecule has 3 aromatic carbocycles. The molecule has 1 unspecified atom stereocenters. The predicted molar refractivity (Wildman–Crippen MR) is 134 cm³/mol. The number of rotatable bonds is 6. The highest BCUT2D eigenvalue weighted by Crippen LogP contribution is 2.39. The fraction of sp³-hybridized carbons (Fsp3) is 0.222. The number of amides is 1. The van der Waals surface area contributed by atoms with Gasteiger partial charge in [0.2, 0.25) is 0 Å². The third kappa shape index (κ3) is 4.43. The SMILES string of the molecule is CN1CCC(Cc2ccc(NC(=C3C(=O)Nc4ccc([N+](=O)[O-])cc43)c3ccccc3)cc2)C1. The van der Waals surface area contributed by atoms with Gasteiger partial charge < -0.3 is 15.5 Å². The van der Waals surface area contributed by atoms with Crippen LogP contribution in [0, 0.1) is 16.0 Å². The molecule has 0 saturated carbocycles. The molecule has 0 aromatic heterocycles. The molecule has 0 bridgehead atoms. The summed E-state index contributed by atoms with van der Waals surface area (Å²) in [6.07, 6.45) is 2.28. The van der Waals surface area contributed by atoms with Crippen LogP contribution in [-0.2, 0) is 11.2 Å². The van der Waals surface area contributed by atoms with Crippen molar-refractivity contribution in [2.24, 2.45) is 5.92 Å². The van der Waals surface area contributed by atoms with Crippen LogP contribution in [0.15, 0.2) is 72.8 Å². The molecule has 172 valence electrons. The van der Waals surface area contributed by atoms with E-state index in [1.54, 1.807) is 6.07 Å². The van der Waals surface area contributed by atoms with Crippen LogP contribution in [-0.4, -0.2) is 35.9 Å². The van der Waals surface area contributed by atoms with Crippen LogP contribution < -0.4 is 10.6 Å². The smallest absolute Gasteiger partial charge is 0.270 e. The van der Waals surface area contributed by atoms with Gasteiger partial charge >= 0.3 is 0 Å². The van der Waals surface area contributed by atoms with Gasteiger partial charge in [-0.25, -0.2) is 0 Å². The van der Waals surface area contributed by atoms with Crippen molar-refractivity contribution in [1.29, 1.82) is 0 Å². The number of benzene rings is 3. The van der Waals surface area contributed by atoms with Gasteiger partial charge in [-0.15, -0.1) is 0 Å². The summed E-state index contributed by atoms with van der Waals surface area (Å²) in [4.78, 5) is 26.3. The minimum absolute atomic E-state index is 0.0536. The fourth-order valence-corrected chi connectivity index (χ4v) is 4.80. The first-order valence-corrected chi connectivity index (χ1v) is 11.4. The summed E-state index contributed by atoms with van der Waals surface area (Å²) in [7, 11) is 2.16. The molecule has 7 heteroatoms. The molecule has 0 aliphatic carbocycles. The molecule has 2 N–H and O–H groups in total. The van der Waals surface area contributed by atoms with Gasteiger partial charge in [-0.2, -0.15) is 0 Å². The number of likely N-dealkylation sites (tertiary alicyclic amines) is 1. The second kappa shape index (κ2) is 9.11. The van der Waals surface area contributed by atoms with E-state index in [4.69, 9.17) is 0 Å². The first-order valence-electron chi connectivity index (χ1n) is 11.4. The van der Waals surface area contributed by atoms with Crippen LogP contribution in [0.4, 0.5) is 17.1 Å². The highest BCUT2D eigenvalue weighted by molar-refractivity contribution is 6.37. The van der Waals surface area contributed by atoms with Crippen LogP contribution in [0.5, 0.6) is 0 Å². The van der Waals surface area contributed by atoms with E-state index in [1.165, 1.54) is 24.1 Å². The Morgan fingerprint density at radius 2 is 1.88 bits per heavy atom. The Labute approximate surface area is 198 Å². The predicted octanol–water partition coefficient (Wildman–Crippen LogP) is 5.02. The molecular formula is C27H26N4O3. The van der Waals surface area contributed by atoms with E-state index >= 15 is 0 Å². The summed E-state index contributed by atoms with van der Waals surface area (Å²) >= 11 is 0. The quantitative estimate of drug-likeness (QED) is 0.310. The average Bonchev–Trinajstić information content (AvgIpc) is 3.40. The summed E-state index contributed by atoms with van der Waals surface area (Å²) in [5, 5.41) is 17.6. The summed E-state index contributed by atoms with van der Waals surface area (Å²) in [5.41, 5.74) is 5.01. The number of fused-ring (bicyclic) bond motifs is 1. The second-order valence-corrected chi connectivity index (χ2v) is 9.00. The first-order chi connectivity index (χ1) is 16.5. The molecule has 1 amide bonds. The molecule has 5 rings (SSSR count). The highest BCUT2D eigenvalue weighted by atomic mass is 16.6. The monoisotopic (exact) mass is 454 g/mol. The summed E-state index contributed by atoms with van der Waals surface area (Å²) in [6.45, 7) is 2.28. The van der Waals surface area contributed by atoms with E-state index in [9.17, 15) is 14.9 Å². The minimum Gasteiger partial charge on any atom is -0.354 e. The number of nitro benzene ring substituents is 1. The zero-order chi connectivity index (χ0) is 23.7. The van der Waals surface area contributed by atoms with Crippen LogP contribution in [0.25, 0.3) is 11.3 Å². The fourth-order valence-electron chi connectivity index (χ4n) is 4.80. The van der Waals surface area contributed by atoms with Crippen molar-refractivity contribution in [3.63, 3.8) is 0 Å². The van der Waals surface area contributed by atoms with Crippen LogP contribution >= 0.6 is 0 Å². The van der Waals surface area contributed by atoms with Crippen molar-refractivity contribution in [2.45, 2.75) is 12.8 Å². The number of nitrogens with zero attached hydrogens (tertiary/aromatic N) is 2. The third-order valence-electron chi connectivity index (χ3n) is 6.51. The maximum absolute atomic E-state index is 13.0. The van der Waals surface area contributed by atoms with Gasteiger partial charge in [-0.1, -0.05) is 42.5 Å². The molecule has 7 nitrogen and oxygen atoms in total. The Morgan fingerprint density at radius 3 is 2.56 bits per heavy atom. The van der Waals surface area contributed by atoms with Gasteiger partial charge in [0.05, 0.1) is 16.2 Å². The molecule has 1 saturated heterocycles. The normalized spacial score (nSPS) is 19.0.